The summed E-state index contributed by atoms with van der Waals surface area (Å²) in [4.78, 5) is 29.1. The normalized spacial score (nSPS) is 19.6. The molecule has 2 amide bonds. The average Bonchev–Trinajstić information content (AvgIpc) is 3.04. The van der Waals surface area contributed by atoms with E-state index in [2.05, 4.69) is 0 Å². The molecule has 0 saturated carbocycles. The number of carbonyl (C=O) groups is 2. The van der Waals surface area contributed by atoms with Crippen LogP contribution in [0.4, 0.5) is 11.4 Å². The number of benzene rings is 2. The maximum absolute atomic E-state index is 13.1. The summed E-state index contributed by atoms with van der Waals surface area (Å²) in [6.07, 6.45) is 0. The average molecular weight is 421 g/mol. The molecule has 1 saturated heterocycles. The predicted molar refractivity (Wildman–Crippen MR) is 111 cm³/mol. The van der Waals surface area contributed by atoms with Crippen LogP contribution in [0.5, 0.6) is 0 Å². The maximum Gasteiger partial charge on any atom is 0.271 e. The van der Waals surface area contributed by atoms with Gasteiger partial charge in [0.1, 0.15) is 0 Å². The molecule has 4 rings (SSSR count). The number of hydrogen-bond donors (Lipinski definition) is 0. The molecule has 130 valence electrons. The summed E-state index contributed by atoms with van der Waals surface area (Å²) in [7, 11) is 1.69. The number of fused-ring (bicyclic) bond motifs is 1. The van der Waals surface area contributed by atoms with Gasteiger partial charge in [-0.05, 0) is 24.3 Å². The first kappa shape index (κ1) is 17.5. The van der Waals surface area contributed by atoms with E-state index in [9.17, 15) is 9.59 Å². The predicted octanol–water partition coefficient (Wildman–Crippen LogP) is 4.75. The van der Waals surface area contributed by atoms with E-state index in [1.807, 2.05) is 24.3 Å². The zero-order chi connectivity index (χ0) is 18.6. The topological polar surface area (TPSA) is 40.6 Å². The zero-order valence-electron chi connectivity index (χ0n) is 13.3. The largest absolute Gasteiger partial charge is 0.311 e. The fourth-order valence-electron chi connectivity index (χ4n) is 2.96. The van der Waals surface area contributed by atoms with Gasteiger partial charge in [-0.2, -0.15) is 0 Å². The van der Waals surface area contributed by atoms with Crippen molar-refractivity contribution in [2.24, 2.45) is 0 Å². The first-order valence-electron chi connectivity index (χ1n) is 7.53. The number of amides is 2. The molecule has 2 aromatic carbocycles. The van der Waals surface area contributed by atoms with E-state index < -0.39 is 0 Å². The van der Waals surface area contributed by atoms with E-state index in [4.69, 9.17) is 35.4 Å². The van der Waals surface area contributed by atoms with Crippen LogP contribution in [0.15, 0.2) is 47.4 Å². The Balaban J connectivity index is 1.84. The lowest BCUT2D eigenvalue weighted by Gasteiger charge is -2.15. The molecule has 4 nitrogen and oxygen atoms in total. The van der Waals surface area contributed by atoms with Crippen molar-refractivity contribution in [2.45, 2.75) is 0 Å². The van der Waals surface area contributed by atoms with Gasteiger partial charge in [0.15, 0.2) is 4.32 Å². The highest BCUT2D eigenvalue weighted by molar-refractivity contribution is 8.27. The quantitative estimate of drug-likeness (QED) is 0.493. The van der Waals surface area contributed by atoms with Gasteiger partial charge in [0.05, 0.1) is 31.9 Å². The third-order valence-electron chi connectivity index (χ3n) is 4.21. The minimum Gasteiger partial charge on any atom is -0.311 e. The monoisotopic (exact) mass is 420 g/mol. The Hall–Kier alpha value is -1.86. The van der Waals surface area contributed by atoms with Gasteiger partial charge in [0.25, 0.3) is 11.8 Å². The summed E-state index contributed by atoms with van der Waals surface area (Å²) in [6.45, 7) is 0. The summed E-state index contributed by atoms with van der Waals surface area (Å²) in [5.41, 5.74) is 2.40. The number of anilines is 2. The molecule has 2 aliphatic rings. The summed E-state index contributed by atoms with van der Waals surface area (Å²) >= 11 is 18.5. The van der Waals surface area contributed by atoms with Crippen molar-refractivity contribution in [2.75, 3.05) is 16.8 Å². The van der Waals surface area contributed by atoms with Crippen LogP contribution in [-0.4, -0.2) is 23.2 Å². The highest BCUT2D eigenvalue weighted by Gasteiger charge is 2.41. The zero-order valence-corrected chi connectivity index (χ0v) is 16.5. The van der Waals surface area contributed by atoms with E-state index in [1.165, 1.54) is 9.80 Å². The highest BCUT2D eigenvalue weighted by atomic mass is 35.5. The Labute approximate surface area is 169 Å². The first-order chi connectivity index (χ1) is 12.4. The van der Waals surface area contributed by atoms with E-state index in [-0.39, 0.29) is 11.8 Å². The minimum atomic E-state index is -0.341. The number of rotatable bonds is 1. The summed E-state index contributed by atoms with van der Waals surface area (Å²) in [5.74, 6) is -0.562. The maximum atomic E-state index is 13.1. The van der Waals surface area contributed by atoms with Crippen LogP contribution in [0, 0.1) is 0 Å². The molecular weight excluding hydrogens is 411 g/mol. The highest BCUT2D eigenvalue weighted by Crippen LogP contribution is 2.45. The molecule has 0 aliphatic carbocycles. The summed E-state index contributed by atoms with van der Waals surface area (Å²) < 4.78 is 0.343. The molecular formula is C18H10Cl2N2O2S2. The number of likely N-dealkylation sites (N-methyl/N-ethyl adjacent to an activating group) is 1. The third-order valence-corrected chi connectivity index (χ3v) is 6.32. The number of para-hydroxylation sites is 1. The van der Waals surface area contributed by atoms with E-state index in [0.29, 0.717) is 30.5 Å². The Morgan fingerprint density at radius 2 is 1.73 bits per heavy atom. The lowest BCUT2D eigenvalue weighted by molar-refractivity contribution is -0.115. The van der Waals surface area contributed by atoms with Crippen LogP contribution in [0.25, 0.3) is 5.57 Å². The van der Waals surface area contributed by atoms with Crippen molar-refractivity contribution in [3.63, 3.8) is 0 Å². The van der Waals surface area contributed by atoms with Crippen molar-refractivity contribution in [3.8, 4) is 0 Å². The molecule has 0 radical (unpaired) electrons. The van der Waals surface area contributed by atoms with Crippen molar-refractivity contribution >= 4 is 80.3 Å². The van der Waals surface area contributed by atoms with Gasteiger partial charge < -0.3 is 4.90 Å². The molecule has 0 aromatic heterocycles. The molecule has 2 aliphatic heterocycles. The van der Waals surface area contributed by atoms with Gasteiger partial charge >= 0.3 is 0 Å². The number of thioether (sulfide) groups is 1. The van der Waals surface area contributed by atoms with E-state index in [1.54, 1.807) is 25.2 Å². The molecule has 26 heavy (non-hydrogen) atoms. The van der Waals surface area contributed by atoms with Crippen LogP contribution in [0.3, 0.4) is 0 Å². The van der Waals surface area contributed by atoms with Gasteiger partial charge in [0.2, 0.25) is 0 Å². The summed E-state index contributed by atoms with van der Waals surface area (Å²) in [6, 6.07) is 12.2. The Bertz CT molecular complexity index is 1040. The Morgan fingerprint density at radius 3 is 2.46 bits per heavy atom. The Kier molecular flexibility index (Phi) is 4.31. The molecule has 0 unspecified atom stereocenters. The van der Waals surface area contributed by atoms with Crippen LogP contribution >= 0.6 is 47.2 Å². The van der Waals surface area contributed by atoms with Crippen molar-refractivity contribution < 1.29 is 9.59 Å². The van der Waals surface area contributed by atoms with Crippen molar-refractivity contribution in [1.82, 2.24) is 0 Å². The molecule has 8 heteroatoms. The molecule has 0 spiro atoms. The summed E-state index contributed by atoms with van der Waals surface area (Å²) in [5, 5.41) is 0.716. The van der Waals surface area contributed by atoms with Gasteiger partial charge in [-0.1, -0.05) is 65.4 Å². The third kappa shape index (κ3) is 2.56. The molecule has 0 N–H and O–H groups in total. The van der Waals surface area contributed by atoms with Crippen LogP contribution in [0.1, 0.15) is 5.56 Å². The first-order valence-corrected chi connectivity index (χ1v) is 9.51. The fraction of sp³-hybridized carbons (Fsp3) is 0.0556. The number of hydrogen-bond acceptors (Lipinski definition) is 4. The molecule has 0 atom stereocenters. The van der Waals surface area contributed by atoms with Gasteiger partial charge in [-0.3, -0.25) is 14.5 Å². The van der Waals surface area contributed by atoms with Gasteiger partial charge in [-0.25, -0.2) is 0 Å². The number of thiocarbonyl (C=S) groups is 1. The number of halogens is 2. The molecule has 0 bridgehead atoms. The molecule has 2 heterocycles. The van der Waals surface area contributed by atoms with Crippen LogP contribution in [-0.2, 0) is 9.59 Å². The van der Waals surface area contributed by atoms with Crippen LogP contribution in [0.2, 0.25) is 10.0 Å². The number of nitrogens with zero attached hydrogens (tertiary/aromatic N) is 2. The van der Waals surface area contributed by atoms with Crippen LogP contribution < -0.4 is 9.80 Å². The van der Waals surface area contributed by atoms with E-state index in [0.717, 1.165) is 23.0 Å². The van der Waals surface area contributed by atoms with E-state index >= 15 is 0 Å². The standard InChI is InChI=1S/C18H10Cl2N2O2S2/c1-21-13-5-3-2-4-10(13)14(16(21)23)15-17(24)22(18(25)26-15)9-6-7-11(19)12(20)8-9/h2-8H,1H3. The van der Waals surface area contributed by atoms with Gasteiger partial charge in [0, 0.05) is 12.6 Å². The van der Waals surface area contributed by atoms with Crippen molar-refractivity contribution in [3.05, 3.63) is 63.0 Å². The van der Waals surface area contributed by atoms with Crippen molar-refractivity contribution in [1.29, 1.82) is 0 Å². The number of carbonyl (C=O) groups excluding carboxylic acids is 2. The lowest BCUT2D eigenvalue weighted by atomic mass is 10.1. The molecule has 1 fully saturated rings. The SMILES string of the molecule is CN1C(=O)C(=C2SC(=S)N(c3ccc(Cl)c(Cl)c3)C2=O)c2ccccc21. The smallest absolute Gasteiger partial charge is 0.271 e. The fourth-order valence-corrected chi connectivity index (χ4v) is 4.62. The minimum absolute atomic E-state index is 0.221. The second-order valence-corrected chi connectivity index (χ2v) is 8.15. The molecule has 2 aromatic rings. The Morgan fingerprint density at radius 1 is 1.00 bits per heavy atom. The second kappa shape index (κ2) is 6.39. The second-order valence-electron chi connectivity index (χ2n) is 5.69. The van der Waals surface area contributed by atoms with Gasteiger partial charge in [-0.15, -0.1) is 0 Å². The lowest BCUT2D eigenvalue weighted by Crippen LogP contribution is -2.28.